The Balaban J connectivity index is 1.61. The molecular weight excluding hydrogens is 476 g/mol. The molecule has 0 unspecified atom stereocenters. The average Bonchev–Trinajstić information content (AvgIpc) is 3.50. The summed E-state index contributed by atoms with van der Waals surface area (Å²) in [4.78, 5) is 13.3. The second-order valence-electron chi connectivity index (χ2n) is 8.71. The summed E-state index contributed by atoms with van der Waals surface area (Å²) in [7, 11) is 4.79. The molecule has 2 saturated heterocycles. The number of carbonyl (C=O) groups excluding carboxylic acids is 1. The molecule has 0 amide bonds. The van der Waals surface area contributed by atoms with Crippen LogP contribution in [0.5, 0.6) is 28.7 Å². The first-order valence-electron chi connectivity index (χ1n) is 11.3. The fourth-order valence-electron chi connectivity index (χ4n) is 5.75. The van der Waals surface area contributed by atoms with Crippen LogP contribution in [0.25, 0.3) is 0 Å². The quantitative estimate of drug-likeness (QED) is 0.566. The highest BCUT2D eigenvalue weighted by Gasteiger charge is 2.60. The number of rotatable bonds is 4. The Morgan fingerprint density at radius 2 is 1.59 bits per heavy atom. The van der Waals surface area contributed by atoms with Crippen LogP contribution < -0.4 is 23.7 Å². The van der Waals surface area contributed by atoms with Crippen LogP contribution in [0.2, 0.25) is 0 Å². The van der Waals surface area contributed by atoms with Gasteiger partial charge in [0.25, 0.3) is 0 Å². The molecule has 4 aliphatic rings. The first kappa shape index (κ1) is 22.1. The van der Waals surface area contributed by atoms with Crippen LogP contribution in [0.1, 0.15) is 29.0 Å². The summed E-state index contributed by atoms with van der Waals surface area (Å²) in [5.74, 6) is 4.52. The van der Waals surface area contributed by atoms with Gasteiger partial charge in [-0.05, 0) is 58.9 Å². The van der Waals surface area contributed by atoms with E-state index in [1.165, 1.54) is 5.56 Å². The zero-order valence-corrected chi connectivity index (χ0v) is 20.9. The van der Waals surface area contributed by atoms with E-state index in [0.29, 0.717) is 29.6 Å². The lowest BCUT2D eigenvalue weighted by molar-refractivity contribution is -0.141. The summed E-state index contributed by atoms with van der Waals surface area (Å²) < 4.78 is 33.9. The molecule has 3 heterocycles. The Hall–Kier alpha value is -2.39. The molecular formula is C25H26O7S2. The molecule has 0 bridgehead atoms. The van der Waals surface area contributed by atoms with Crippen LogP contribution in [-0.4, -0.2) is 52.2 Å². The van der Waals surface area contributed by atoms with Crippen molar-refractivity contribution < 1.29 is 33.2 Å². The van der Waals surface area contributed by atoms with E-state index in [1.807, 2.05) is 35.7 Å². The second kappa shape index (κ2) is 8.37. The van der Waals surface area contributed by atoms with Crippen molar-refractivity contribution in [2.45, 2.75) is 16.4 Å². The molecule has 0 N–H and O–H groups in total. The van der Waals surface area contributed by atoms with Crippen molar-refractivity contribution in [2.75, 3.05) is 46.2 Å². The van der Waals surface area contributed by atoms with Crippen LogP contribution in [0.3, 0.4) is 0 Å². The van der Waals surface area contributed by atoms with Crippen LogP contribution in [0.4, 0.5) is 0 Å². The van der Waals surface area contributed by atoms with Gasteiger partial charge in [-0.1, -0.05) is 0 Å². The smallest absolute Gasteiger partial charge is 0.310 e. The maximum atomic E-state index is 13.3. The lowest BCUT2D eigenvalue weighted by Gasteiger charge is -2.49. The van der Waals surface area contributed by atoms with Crippen molar-refractivity contribution in [2.24, 2.45) is 11.8 Å². The molecule has 2 aromatic rings. The monoisotopic (exact) mass is 502 g/mol. The zero-order valence-electron chi connectivity index (χ0n) is 19.3. The molecule has 7 nitrogen and oxygen atoms in total. The Bertz CT molecular complexity index is 1120. The maximum Gasteiger partial charge on any atom is 0.310 e. The maximum absolute atomic E-state index is 13.3. The third kappa shape index (κ3) is 3.09. The van der Waals surface area contributed by atoms with Gasteiger partial charge in [-0.2, -0.15) is 0 Å². The fraction of sp³-hybridized carbons (Fsp3) is 0.480. The molecule has 2 aromatic carbocycles. The minimum absolute atomic E-state index is 0.0345. The van der Waals surface area contributed by atoms with Gasteiger partial charge in [0.2, 0.25) is 12.5 Å². The molecule has 3 aliphatic heterocycles. The molecule has 180 valence electrons. The zero-order chi connectivity index (χ0) is 23.4. The van der Waals surface area contributed by atoms with Gasteiger partial charge >= 0.3 is 5.97 Å². The van der Waals surface area contributed by atoms with Gasteiger partial charge in [0.05, 0.1) is 37.9 Å². The number of methoxy groups -OCH3 is 3. The van der Waals surface area contributed by atoms with E-state index in [1.54, 1.807) is 21.3 Å². The molecule has 6 rings (SSSR count). The highest BCUT2D eigenvalue weighted by molar-refractivity contribution is 8.18. The van der Waals surface area contributed by atoms with E-state index in [-0.39, 0.29) is 34.6 Å². The second-order valence-corrected chi connectivity index (χ2v) is 11.6. The van der Waals surface area contributed by atoms with Crippen molar-refractivity contribution in [3.63, 3.8) is 0 Å². The minimum Gasteiger partial charge on any atom is -0.493 e. The first-order chi connectivity index (χ1) is 16.6. The Kier molecular flexibility index (Phi) is 5.44. The highest BCUT2D eigenvalue weighted by Crippen LogP contribution is 2.66. The number of hydrogen-bond donors (Lipinski definition) is 0. The van der Waals surface area contributed by atoms with Crippen molar-refractivity contribution in [1.82, 2.24) is 0 Å². The number of benzene rings is 2. The van der Waals surface area contributed by atoms with Gasteiger partial charge in [-0.3, -0.25) is 4.79 Å². The SMILES string of the molecule is COc1cc([C@@H]2c3cc4c(cc3C3(SCCCS3)[C@@H]3COC(=O)[C@@H]23)OCO4)cc(OC)c1OC. The number of cyclic esters (lactones) is 1. The van der Waals surface area contributed by atoms with E-state index in [0.717, 1.165) is 34.8 Å². The normalized spacial score (nSPS) is 26.0. The summed E-state index contributed by atoms with van der Waals surface area (Å²) in [6.07, 6.45) is 1.15. The van der Waals surface area contributed by atoms with E-state index >= 15 is 0 Å². The average molecular weight is 503 g/mol. The van der Waals surface area contributed by atoms with Crippen LogP contribution >= 0.6 is 23.5 Å². The van der Waals surface area contributed by atoms with Crippen molar-refractivity contribution >= 4 is 29.5 Å². The molecule has 1 aliphatic carbocycles. The van der Waals surface area contributed by atoms with Gasteiger partial charge in [0, 0.05) is 11.8 Å². The van der Waals surface area contributed by atoms with Gasteiger partial charge < -0.3 is 28.4 Å². The van der Waals surface area contributed by atoms with E-state index in [4.69, 9.17) is 28.4 Å². The molecule has 0 saturated carbocycles. The topological polar surface area (TPSA) is 72.5 Å². The van der Waals surface area contributed by atoms with Crippen LogP contribution in [0, 0.1) is 11.8 Å². The lowest BCUT2D eigenvalue weighted by atomic mass is 9.67. The van der Waals surface area contributed by atoms with Gasteiger partial charge in [0.1, 0.15) is 0 Å². The summed E-state index contributed by atoms with van der Waals surface area (Å²) in [5.41, 5.74) is 3.19. The molecule has 0 aromatic heterocycles. The van der Waals surface area contributed by atoms with E-state index in [9.17, 15) is 4.79 Å². The summed E-state index contributed by atoms with van der Waals surface area (Å²) in [6.45, 7) is 0.619. The van der Waals surface area contributed by atoms with Crippen molar-refractivity contribution in [3.8, 4) is 28.7 Å². The third-order valence-electron chi connectivity index (χ3n) is 7.18. The fourth-order valence-corrected chi connectivity index (χ4v) is 9.47. The molecule has 3 atom stereocenters. The molecule has 34 heavy (non-hydrogen) atoms. The number of fused-ring (bicyclic) bond motifs is 5. The lowest BCUT2D eigenvalue weighted by Crippen LogP contribution is -2.44. The Morgan fingerprint density at radius 1 is 0.912 bits per heavy atom. The van der Waals surface area contributed by atoms with E-state index < -0.39 is 0 Å². The van der Waals surface area contributed by atoms with Crippen molar-refractivity contribution in [1.29, 1.82) is 0 Å². The van der Waals surface area contributed by atoms with Gasteiger partial charge in [-0.25, -0.2) is 0 Å². The standard InChI is InChI=1S/C25H26O7S2/c1-27-19-7-13(8-20(28-2)23(19)29-3)21-14-9-17-18(32-12-31-17)10-15(14)25(33-5-4-6-34-25)16-11-30-24(26)22(16)21/h7-10,16,21-22H,4-6,11-12H2,1-3H3/t16-,21-,22-/m1/s1. The molecule has 2 fully saturated rings. The molecule has 1 spiro atoms. The summed E-state index contributed by atoms with van der Waals surface area (Å²) >= 11 is 3.87. The number of carbonyl (C=O) groups is 1. The third-order valence-corrected chi connectivity index (χ3v) is 10.8. The Labute approximate surface area is 206 Å². The number of hydrogen-bond acceptors (Lipinski definition) is 9. The largest absolute Gasteiger partial charge is 0.493 e. The predicted molar refractivity (Wildman–Crippen MR) is 130 cm³/mol. The number of thioether (sulfide) groups is 2. The van der Waals surface area contributed by atoms with Crippen LogP contribution in [-0.2, 0) is 13.6 Å². The molecule has 9 heteroatoms. The first-order valence-corrected chi connectivity index (χ1v) is 13.3. The predicted octanol–water partition coefficient (Wildman–Crippen LogP) is 4.40. The highest BCUT2D eigenvalue weighted by atomic mass is 32.2. The molecule has 0 radical (unpaired) electrons. The summed E-state index contributed by atoms with van der Waals surface area (Å²) in [6, 6.07) is 8.09. The number of esters is 1. The van der Waals surface area contributed by atoms with Gasteiger partial charge in [0.15, 0.2) is 23.0 Å². The van der Waals surface area contributed by atoms with Crippen molar-refractivity contribution in [3.05, 3.63) is 41.0 Å². The van der Waals surface area contributed by atoms with E-state index in [2.05, 4.69) is 12.1 Å². The van der Waals surface area contributed by atoms with Gasteiger partial charge in [-0.15, -0.1) is 23.5 Å². The number of ether oxygens (including phenoxy) is 6. The minimum atomic E-state index is -0.325. The van der Waals surface area contributed by atoms with Crippen LogP contribution in [0.15, 0.2) is 24.3 Å². The Morgan fingerprint density at radius 3 is 2.24 bits per heavy atom. The summed E-state index contributed by atoms with van der Waals surface area (Å²) in [5, 5.41) is 0.